The molecule has 0 aromatic carbocycles. The summed E-state index contributed by atoms with van der Waals surface area (Å²) in [6.07, 6.45) is 0.475. The van der Waals surface area contributed by atoms with Gasteiger partial charge in [-0.1, -0.05) is 13.8 Å². The summed E-state index contributed by atoms with van der Waals surface area (Å²) in [6.45, 7) is 3.47. The van der Waals surface area contributed by atoms with Gasteiger partial charge in [0.15, 0.2) is 0 Å². The Morgan fingerprint density at radius 2 is 1.83 bits per heavy atom. The summed E-state index contributed by atoms with van der Waals surface area (Å²) >= 11 is 0. The Morgan fingerprint density at radius 1 is 1.22 bits per heavy atom. The first-order chi connectivity index (χ1) is 8.40. The maximum atomic E-state index is 11.5. The van der Waals surface area contributed by atoms with Gasteiger partial charge in [-0.05, 0) is 12.3 Å². The molecule has 104 valence electrons. The number of carbonyl (C=O) groups is 3. The number of amides is 2. The third kappa shape index (κ3) is 6.85. The Hall–Kier alpha value is -1.63. The zero-order valence-corrected chi connectivity index (χ0v) is 11.0. The van der Waals surface area contributed by atoms with E-state index in [1.54, 1.807) is 0 Å². The van der Waals surface area contributed by atoms with Crippen LogP contribution in [0.15, 0.2) is 0 Å². The van der Waals surface area contributed by atoms with E-state index in [-0.39, 0.29) is 19.0 Å². The van der Waals surface area contributed by atoms with Crippen molar-refractivity contribution in [2.45, 2.75) is 26.3 Å². The first-order valence-electron chi connectivity index (χ1n) is 5.74. The highest BCUT2D eigenvalue weighted by Crippen LogP contribution is 2.05. The van der Waals surface area contributed by atoms with E-state index in [9.17, 15) is 14.4 Å². The number of hydrogen-bond acceptors (Lipinski definition) is 5. The van der Waals surface area contributed by atoms with Gasteiger partial charge in [0.2, 0.25) is 11.8 Å². The summed E-state index contributed by atoms with van der Waals surface area (Å²) in [5, 5.41) is 4.83. The summed E-state index contributed by atoms with van der Waals surface area (Å²) in [5.74, 6) is -1.15. The van der Waals surface area contributed by atoms with Crippen LogP contribution in [-0.2, 0) is 19.1 Å². The molecule has 4 N–H and O–H groups in total. The second-order valence-corrected chi connectivity index (χ2v) is 4.25. The average molecular weight is 259 g/mol. The van der Waals surface area contributed by atoms with Crippen LogP contribution in [0.25, 0.3) is 0 Å². The van der Waals surface area contributed by atoms with Crippen molar-refractivity contribution in [3.8, 4) is 0 Å². The Kier molecular flexibility index (Phi) is 7.69. The molecule has 7 heteroatoms. The highest BCUT2D eigenvalue weighted by atomic mass is 16.5. The number of rotatable bonds is 7. The van der Waals surface area contributed by atoms with E-state index in [0.29, 0.717) is 6.42 Å². The van der Waals surface area contributed by atoms with Gasteiger partial charge in [0.1, 0.15) is 6.04 Å². The maximum absolute atomic E-state index is 11.5. The lowest BCUT2D eigenvalue weighted by Crippen LogP contribution is -2.47. The average Bonchev–Trinajstić information content (AvgIpc) is 2.33. The van der Waals surface area contributed by atoms with E-state index in [1.807, 2.05) is 13.8 Å². The lowest BCUT2D eigenvalue weighted by atomic mass is 10.0. The van der Waals surface area contributed by atoms with Gasteiger partial charge < -0.3 is 21.1 Å². The van der Waals surface area contributed by atoms with Crippen LogP contribution >= 0.6 is 0 Å². The third-order valence-corrected chi connectivity index (χ3v) is 2.16. The van der Waals surface area contributed by atoms with Crippen LogP contribution in [0, 0.1) is 5.92 Å². The number of esters is 1. The fourth-order valence-corrected chi connectivity index (χ4v) is 1.32. The minimum atomic E-state index is -0.697. The molecule has 18 heavy (non-hydrogen) atoms. The van der Waals surface area contributed by atoms with E-state index < -0.39 is 23.8 Å². The molecule has 0 spiro atoms. The number of methoxy groups -OCH3 is 1. The van der Waals surface area contributed by atoms with Crippen molar-refractivity contribution in [2.75, 3.05) is 20.2 Å². The van der Waals surface area contributed by atoms with Gasteiger partial charge in [-0.2, -0.15) is 0 Å². The molecule has 0 unspecified atom stereocenters. The summed E-state index contributed by atoms with van der Waals surface area (Å²) in [4.78, 5) is 33.8. The lowest BCUT2D eigenvalue weighted by Gasteiger charge is -2.18. The van der Waals surface area contributed by atoms with Crippen molar-refractivity contribution in [1.82, 2.24) is 10.6 Å². The van der Waals surface area contributed by atoms with Crippen LogP contribution in [0.2, 0.25) is 0 Å². The molecule has 0 aromatic rings. The van der Waals surface area contributed by atoms with Crippen molar-refractivity contribution in [3.63, 3.8) is 0 Å². The normalized spacial score (nSPS) is 11.8. The number of nitrogens with one attached hydrogen (secondary N) is 2. The summed E-state index contributed by atoms with van der Waals surface area (Å²) in [5.41, 5.74) is 5.08. The van der Waals surface area contributed by atoms with E-state index in [4.69, 9.17) is 5.73 Å². The number of hydrogen-bond donors (Lipinski definition) is 3. The van der Waals surface area contributed by atoms with Crippen molar-refractivity contribution in [3.05, 3.63) is 0 Å². The van der Waals surface area contributed by atoms with Crippen LogP contribution in [0.3, 0.4) is 0 Å². The van der Waals surface area contributed by atoms with Gasteiger partial charge in [0.25, 0.3) is 0 Å². The van der Waals surface area contributed by atoms with E-state index in [1.165, 1.54) is 7.11 Å². The molecule has 0 aliphatic rings. The van der Waals surface area contributed by atoms with Crippen molar-refractivity contribution in [1.29, 1.82) is 0 Å². The van der Waals surface area contributed by atoms with Gasteiger partial charge >= 0.3 is 5.97 Å². The van der Waals surface area contributed by atoms with Crippen LogP contribution in [0.4, 0.5) is 0 Å². The Balaban J connectivity index is 4.26. The predicted octanol–water partition coefficient (Wildman–Crippen LogP) is -1.23. The van der Waals surface area contributed by atoms with Crippen molar-refractivity contribution < 1.29 is 19.1 Å². The smallest absolute Gasteiger partial charge is 0.328 e. The second kappa shape index (κ2) is 8.46. The SMILES string of the molecule is COC(=O)[C@H](CC(C)C)NC(=O)CNC(=O)CN. The molecular formula is C11H21N3O4. The Labute approximate surface area is 106 Å². The molecule has 0 aliphatic heterocycles. The molecule has 7 nitrogen and oxygen atoms in total. The molecule has 0 fully saturated rings. The molecule has 0 saturated carbocycles. The third-order valence-electron chi connectivity index (χ3n) is 2.16. The molecule has 1 atom stereocenters. The zero-order valence-electron chi connectivity index (χ0n) is 11.0. The molecule has 0 aliphatic carbocycles. The topological polar surface area (TPSA) is 111 Å². The largest absolute Gasteiger partial charge is 0.467 e. The highest BCUT2D eigenvalue weighted by Gasteiger charge is 2.22. The van der Waals surface area contributed by atoms with E-state index in [0.717, 1.165) is 0 Å². The minimum absolute atomic E-state index is 0.181. The van der Waals surface area contributed by atoms with Crippen LogP contribution in [0.5, 0.6) is 0 Å². The van der Waals surface area contributed by atoms with Crippen molar-refractivity contribution in [2.24, 2.45) is 11.7 Å². The molecular weight excluding hydrogens is 238 g/mol. The molecule has 0 saturated heterocycles. The van der Waals surface area contributed by atoms with Gasteiger partial charge in [-0.25, -0.2) is 4.79 Å². The van der Waals surface area contributed by atoms with Crippen LogP contribution < -0.4 is 16.4 Å². The summed E-state index contributed by atoms with van der Waals surface area (Å²) < 4.78 is 4.60. The summed E-state index contributed by atoms with van der Waals surface area (Å²) in [6, 6.07) is -0.697. The van der Waals surface area contributed by atoms with Gasteiger partial charge in [0.05, 0.1) is 20.2 Å². The standard InChI is InChI=1S/C11H21N3O4/c1-7(2)4-8(11(17)18-3)14-10(16)6-13-9(15)5-12/h7-8H,4-6,12H2,1-3H3,(H,13,15)(H,14,16)/t8-/m0/s1. The predicted molar refractivity (Wildman–Crippen MR) is 65.5 cm³/mol. The molecule has 0 rings (SSSR count). The van der Waals surface area contributed by atoms with Crippen LogP contribution in [-0.4, -0.2) is 44.0 Å². The second-order valence-electron chi connectivity index (χ2n) is 4.25. The lowest BCUT2D eigenvalue weighted by molar-refractivity contribution is -0.145. The monoisotopic (exact) mass is 259 g/mol. The number of ether oxygens (including phenoxy) is 1. The first kappa shape index (κ1) is 16.4. The Bertz CT molecular complexity index is 305. The molecule has 0 bridgehead atoms. The quantitative estimate of drug-likeness (QED) is 0.496. The Morgan fingerprint density at radius 3 is 2.28 bits per heavy atom. The minimum Gasteiger partial charge on any atom is -0.467 e. The number of carbonyl (C=O) groups excluding carboxylic acids is 3. The highest BCUT2D eigenvalue weighted by molar-refractivity contribution is 5.88. The zero-order chi connectivity index (χ0) is 14.1. The molecule has 0 heterocycles. The fourth-order valence-electron chi connectivity index (χ4n) is 1.32. The molecule has 0 radical (unpaired) electrons. The van der Waals surface area contributed by atoms with Gasteiger partial charge in [0, 0.05) is 0 Å². The van der Waals surface area contributed by atoms with Gasteiger partial charge in [-0.3, -0.25) is 9.59 Å². The first-order valence-corrected chi connectivity index (χ1v) is 5.74. The fraction of sp³-hybridized carbons (Fsp3) is 0.727. The van der Waals surface area contributed by atoms with E-state index >= 15 is 0 Å². The molecule has 2 amide bonds. The van der Waals surface area contributed by atoms with E-state index in [2.05, 4.69) is 15.4 Å². The van der Waals surface area contributed by atoms with Crippen molar-refractivity contribution >= 4 is 17.8 Å². The molecule has 0 aromatic heterocycles. The van der Waals surface area contributed by atoms with Crippen LogP contribution in [0.1, 0.15) is 20.3 Å². The number of nitrogens with two attached hydrogens (primary N) is 1. The summed E-state index contributed by atoms with van der Waals surface area (Å²) in [7, 11) is 1.26. The maximum Gasteiger partial charge on any atom is 0.328 e. The van der Waals surface area contributed by atoms with Gasteiger partial charge in [-0.15, -0.1) is 0 Å².